The molecule has 0 spiro atoms. The van der Waals surface area contributed by atoms with Crippen molar-refractivity contribution in [3.05, 3.63) is 24.3 Å². The molecule has 0 radical (unpaired) electrons. The summed E-state index contributed by atoms with van der Waals surface area (Å²) in [6.07, 6.45) is 0.991. The van der Waals surface area contributed by atoms with Crippen molar-refractivity contribution in [2.75, 3.05) is 26.5 Å². The van der Waals surface area contributed by atoms with E-state index in [1.54, 1.807) is 24.3 Å². The van der Waals surface area contributed by atoms with Crippen LogP contribution in [0.5, 0.6) is 11.5 Å². The Morgan fingerprint density at radius 2 is 1.68 bits per heavy atom. The number of carbonyl (C=O) groups excluding carboxylic acids is 1. The van der Waals surface area contributed by atoms with Gasteiger partial charge in [0.25, 0.3) is 0 Å². The lowest BCUT2D eigenvalue weighted by Gasteiger charge is -2.27. The molecule has 1 rings (SSSR count). The molecule has 0 aliphatic carbocycles. The standard InChI is InChI=1S/C14H22N2O5S/c1-5-20-11-6-8-12(9-7-11)21-10-14(2,13(17)15-3)16-22(4,18)19/h6-9,16H,5,10H2,1-4H3,(H,15,17). The topological polar surface area (TPSA) is 93.7 Å². The molecule has 0 heterocycles. The van der Waals surface area contributed by atoms with E-state index in [4.69, 9.17) is 9.47 Å². The molecule has 22 heavy (non-hydrogen) atoms. The number of benzene rings is 1. The van der Waals surface area contributed by atoms with Crippen LogP contribution in [0.3, 0.4) is 0 Å². The van der Waals surface area contributed by atoms with Crippen LogP contribution in [0.15, 0.2) is 24.3 Å². The molecule has 8 heteroatoms. The first-order chi connectivity index (χ1) is 10.2. The van der Waals surface area contributed by atoms with Gasteiger partial charge in [0.05, 0.1) is 12.9 Å². The highest BCUT2D eigenvalue weighted by Crippen LogP contribution is 2.19. The Kier molecular flexibility index (Phi) is 6.19. The molecule has 1 atom stereocenters. The average Bonchev–Trinajstić information content (AvgIpc) is 2.44. The minimum atomic E-state index is -3.57. The van der Waals surface area contributed by atoms with Gasteiger partial charge in [-0.2, -0.15) is 4.72 Å². The van der Waals surface area contributed by atoms with Gasteiger partial charge < -0.3 is 14.8 Å². The summed E-state index contributed by atoms with van der Waals surface area (Å²) >= 11 is 0. The summed E-state index contributed by atoms with van der Waals surface area (Å²) in [7, 11) is -2.13. The van der Waals surface area contributed by atoms with E-state index in [1.165, 1.54) is 14.0 Å². The van der Waals surface area contributed by atoms with Gasteiger partial charge >= 0.3 is 0 Å². The molecule has 0 fully saturated rings. The van der Waals surface area contributed by atoms with Gasteiger partial charge in [0.2, 0.25) is 15.9 Å². The van der Waals surface area contributed by atoms with Gasteiger partial charge in [-0.1, -0.05) is 0 Å². The molecule has 124 valence electrons. The zero-order valence-corrected chi connectivity index (χ0v) is 14.0. The van der Waals surface area contributed by atoms with Crippen LogP contribution >= 0.6 is 0 Å². The Balaban J connectivity index is 2.80. The molecule has 0 aliphatic heterocycles. The zero-order valence-electron chi connectivity index (χ0n) is 13.2. The molecule has 0 aliphatic rings. The molecular formula is C14H22N2O5S. The summed E-state index contributed by atoms with van der Waals surface area (Å²) in [4.78, 5) is 11.9. The predicted molar refractivity (Wildman–Crippen MR) is 83.6 cm³/mol. The number of hydrogen-bond donors (Lipinski definition) is 2. The maximum Gasteiger partial charge on any atom is 0.244 e. The number of rotatable bonds is 8. The Morgan fingerprint density at radius 1 is 1.18 bits per heavy atom. The van der Waals surface area contributed by atoms with E-state index in [2.05, 4.69) is 10.0 Å². The Bertz CT molecular complexity index is 600. The van der Waals surface area contributed by atoms with Gasteiger partial charge in [-0.05, 0) is 38.1 Å². The van der Waals surface area contributed by atoms with Crippen molar-refractivity contribution < 1.29 is 22.7 Å². The number of hydrogen-bond acceptors (Lipinski definition) is 5. The summed E-state index contributed by atoms with van der Waals surface area (Å²) in [5.74, 6) is 0.732. The van der Waals surface area contributed by atoms with E-state index < -0.39 is 21.5 Å². The summed E-state index contributed by atoms with van der Waals surface area (Å²) in [5, 5.41) is 2.42. The van der Waals surface area contributed by atoms with E-state index in [1.807, 2.05) is 6.92 Å². The van der Waals surface area contributed by atoms with Gasteiger partial charge in [0, 0.05) is 7.05 Å². The minimum Gasteiger partial charge on any atom is -0.494 e. The summed E-state index contributed by atoms with van der Waals surface area (Å²) in [6.45, 7) is 3.76. The van der Waals surface area contributed by atoms with Crippen LogP contribution in [-0.4, -0.2) is 46.4 Å². The molecule has 1 amide bonds. The van der Waals surface area contributed by atoms with Crippen molar-refractivity contribution in [3.8, 4) is 11.5 Å². The van der Waals surface area contributed by atoms with Crippen molar-refractivity contribution in [1.29, 1.82) is 0 Å². The molecule has 1 aromatic rings. The van der Waals surface area contributed by atoms with E-state index in [0.29, 0.717) is 18.1 Å². The molecule has 0 saturated carbocycles. The second kappa shape index (κ2) is 7.46. The second-order valence-corrected chi connectivity index (χ2v) is 6.73. The SMILES string of the molecule is CCOc1ccc(OCC(C)(NS(C)(=O)=O)C(=O)NC)cc1. The predicted octanol–water partition coefficient (Wildman–Crippen LogP) is 0.518. The number of ether oxygens (including phenoxy) is 2. The molecule has 1 unspecified atom stereocenters. The Labute approximate surface area is 131 Å². The van der Waals surface area contributed by atoms with Crippen LogP contribution in [0, 0.1) is 0 Å². The first-order valence-corrected chi connectivity index (χ1v) is 8.66. The van der Waals surface area contributed by atoms with Gasteiger partial charge in [-0.25, -0.2) is 8.42 Å². The lowest BCUT2D eigenvalue weighted by atomic mass is 10.0. The summed E-state index contributed by atoms with van der Waals surface area (Å²) in [5.41, 5.74) is -1.40. The Morgan fingerprint density at radius 3 is 2.09 bits per heavy atom. The number of sulfonamides is 1. The van der Waals surface area contributed by atoms with E-state index in [9.17, 15) is 13.2 Å². The average molecular weight is 330 g/mol. The van der Waals surface area contributed by atoms with Crippen LogP contribution in [0.1, 0.15) is 13.8 Å². The molecule has 7 nitrogen and oxygen atoms in total. The first-order valence-electron chi connectivity index (χ1n) is 6.77. The molecular weight excluding hydrogens is 308 g/mol. The van der Waals surface area contributed by atoms with E-state index in [-0.39, 0.29) is 6.61 Å². The van der Waals surface area contributed by atoms with Crippen molar-refractivity contribution in [3.63, 3.8) is 0 Å². The Hall–Kier alpha value is -1.80. The maximum atomic E-state index is 11.9. The number of nitrogens with one attached hydrogen (secondary N) is 2. The highest BCUT2D eigenvalue weighted by Gasteiger charge is 2.36. The van der Waals surface area contributed by atoms with Crippen LogP contribution in [0.4, 0.5) is 0 Å². The lowest BCUT2D eigenvalue weighted by Crippen LogP contribution is -2.59. The third-order valence-electron chi connectivity index (χ3n) is 2.80. The van der Waals surface area contributed by atoms with Crippen molar-refractivity contribution in [2.24, 2.45) is 0 Å². The fourth-order valence-corrected chi connectivity index (χ4v) is 2.82. The van der Waals surface area contributed by atoms with E-state index in [0.717, 1.165) is 6.26 Å². The van der Waals surface area contributed by atoms with Crippen LogP contribution in [0.25, 0.3) is 0 Å². The molecule has 0 bridgehead atoms. The van der Waals surface area contributed by atoms with Crippen molar-refractivity contribution in [1.82, 2.24) is 10.0 Å². The highest BCUT2D eigenvalue weighted by molar-refractivity contribution is 7.88. The normalized spacial score (nSPS) is 14.0. The van der Waals surface area contributed by atoms with Crippen LogP contribution < -0.4 is 19.5 Å². The smallest absolute Gasteiger partial charge is 0.244 e. The number of likely N-dealkylation sites (N-methyl/N-ethyl adjacent to an activating group) is 1. The fourth-order valence-electron chi connectivity index (χ4n) is 1.85. The van der Waals surface area contributed by atoms with Gasteiger partial charge in [0.15, 0.2) is 0 Å². The second-order valence-electron chi connectivity index (χ2n) is 4.98. The largest absolute Gasteiger partial charge is 0.494 e. The van der Waals surface area contributed by atoms with Gasteiger partial charge in [0.1, 0.15) is 23.6 Å². The molecule has 0 aromatic heterocycles. The fraction of sp³-hybridized carbons (Fsp3) is 0.500. The van der Waals surface area contributed by atoms with Gasteiger partial charge in [-0.15, -0.1) is 0 Å². The third-order valence-corrected chi connectivity index (χ3v) is 3.62. The molecule has 2 N–H and O–H groups in total. The highest BCUT2D eigenvalue weighted by atomic mass is 32.2. The van der Waals surface area contributed by atoms with Crippen molar-refractivity contribution in [2.45, 2.75) is 19.4 Å². The van der Waals surface area contributed by atoms with E-state index >= 15 is 0 Å². The lowest BCUT2D eigenvalue weighted by molar-refractivity contribution is -0.126. The van der Waals surface area contributed by atoms with Crippen molar-refractivity contribution >= 4 is 15.9 Å². The number of amides is 1. The molecule has 1 aromatic carbocycles. The summed E-state index contributed by atoms with van der Waals surface area (Å²) in [6, 6.07) is 6.85. The van der Waals surface area contributed by atoms with Crippen LogP contribution in [0.2, 0.25) is 0 Å². The minimum absolute atomic E-state index is 0.145. The van der Waals surface area contributed by atoms with Crippen LogP contribution in [-0.2, 0) is 14.8 Å². The molecule has 0 saturated heterocycles. The summed E-state index contributed by atoms with van der Waals surface area (Å²) < 4.78 is 36.0. The zero-order chi connectivity index (χ0) is 16.8. The first kappa shape index (κ1) is 18.2. The third kappa shape index (κ3) is 5.53. The quantitative estimate of drug-likeness (QED) is 0.725. The number of carbonyl (C=O) groups is 1. The maximum absolute atomic E-state index is 11.9. The monoisotopic (exact) mass is 330 g/mol. The van der Waals surface area contributed by atoms with Gasteiger partial charge in [-0.3, -0.25) is 4.79 Å².